The average molecular weight is 500 g/mol. The Labute approximate surface area is 196 Å². The molecule has 180 valence electrons. The fourth-order valence-corrected chi connectivity index (χ4v) is 3.74. The molecule has 0 saturated carbocycles. The van der Waals surface area contributed by atoms with Gasteiger partial charge < -0.3 is 9.88 Å². The Morgan fingerprint density at radius 3 is 2.35 bits per heavy atom. The molecule has 0 fully saturated rings. The SMILES string of the molecule is CC(=O)[C@@H](C)n1cnc(NC(=O)c2cc(F)cc(C(F)(F)F)c2)c1[C@H](C)c1cc(F)ccc1Cl. The minimum Gasteiger partial charge on any atom is -0.322 e. The van der Waals surface area contributed by atoms with Gasteiger partial charge in [0.25, 0.3) is 5.91 Å². The first-order chi connectivity index (χ1) is 15.8. The molecule has 1 N–H and O–H groups in total. The van der Waals surface area contributed by atoms with Gasteiger partial charge in [-0.2, -0.15) is 13.2 Å². The first-order valence-electron chi connectivity index (χ1n) is 10.0. The summed E-state index contributed by atoms with van der Waals surface area (Å²) in [4.78, 5) is 28.9. The molecule has 0 aliphatic carbocycles. The van der Waals surface area contributed by atoms with E-state index in [1.165, 1.54) is 36.0 Å². The lowest BCUT2D eigenvalue weighted by Crippen LogP contribution is -2.20. The summed E-state index contributed by atoms with van der Waals surface area (Å²) in [5.41, 5.74) is -1.31. The minimum absolute atomic E-state index is 0.0938. The van der Waals surface area contributed by atoms with Crippen molar-refractivity contribution in [2.75, 3.05) is 5.32 Å². The maximum Gasteiger partial charge on any atom is 0.416 e. The highest BCUT2D eigenvalue weighted by molar-refractivity contribution is 6.31. The van der Waals surface area contributed by atoms with Crippen molar-refractivity contribution in [3.8, 4) is 0 Å². The molecule has 1 heterocycles. The number of halogens is 6. The summed E-state index contributed by atoms with van der Waals surface area (Å²) in [6.07, 6.45) is -3.59. The van der Waals surface area contributed by atoms with Crippen LogP contribution in [0.2, 0.25) is 5.02 Å². The number of ketones is 1. The number of amides is 1. The van der Waals surface area contributed by atoms with Crippen LogP contribution in [0.3, 0.4) is 0 Å². The van der Waals surface area contributed by atoms with E-state index in [9.17, 15) is 31.5 Å². The number of carbonyl (C=O) groups excluding carboxylic acids is 2. The summed E-state index contributed by atoms with van der Waals surface area (Å²) in [6, 6.07) is 4.43. The third kappa shape index (κ3) is 5.27. The number of rotatable bonds is 6. The van der Waals surface area contributed by atoms with Crippen molar-refractivity contribution >= 4 is 29.1 Å². The number of nitrogens with one attached hydrogen (secondary N) is 1. The van der Waals surface area contributed by atoms with E-state index in [4.69, 9.17) is 11.6 Å². The van der Waals surface area contributed by atoms with Gasteiger partial charge in [-0.05, 0) is 55.8 Å². The van der Waals surface area contributed by atoms with Gasteiger partial charge in [0.1, 0.15) is 11.6 Å². The van der Waals surface area contributed by atoms with E-state index in [0.717, 1.165) is 0 Å². The van der Waals surface area contributed by atoms with Gasteiger partial charge in [0.2, 0.25) is 0 Å². The highest BCUT2D eigenvalue weighted by Crippen LogP contribution is 2.36. The second kappa shape index (κ2) is 9.54. The molecular formula is C23H19ClF5N3O2. The number of nitrogens with zero attached hydrogens (tertiary/aromatic N) is 2. The summed E-state index contributed by atoms with van der Waals surface area (Å²) < 4.78 is 68.3. The lowest BCUT2D eigenvalue weighted by molar-refractivity contribution is -0.137. The summed E-state index contributed by atoms with van der Waals surface area (Å²) in [7, 11) is 0. The first kappa shape index (κ1) is 25.4. The van der Waals surface area contributed by atoms with Crippen molar-refractivity contribution in [1.82, 2.24) is 9.55 Å². The number of Topliss-reactive ketones (excluding diaryl/α,β-unsaturated/α-hetero) is 1. The maximum absolute atomic E-state index is 13.9. The Morgan fingerprint density at radius 2 is 1.74 bits per heavy atom. The zero-order valence-electron chi connectivity index (χ0n) is 18.2. The van der Waals surface area contributed by atoms with Crippen LogP contribution >= 0.6 is 11.6 Å². The molecular weight excluding hydrogens is 481 g/mol. The van der Waals surface area contributed by atoms with Gasteiger partial charge in [0.05, 0.1) is 23.6 Å². The van der Waals surface area contributed by atoms with Crippen molar-refractivity contribution in [3.05, 3.63) is 81.8 Å². The lowest BCUT2D eigenvalue weighted by Gasteiger charge is -2.21. The van der Waals surface area contributed by atoms with Gasteiger partial charge in [0, 0.05) is 16.5 Å². The van der Waals surface area contributed by atoms with E-state index < -0.39 is 46.8 Å². The smallest absolute Gasteiger partial charge is 0.322 e. The standard InChI is InChI=1S/C23H19ClF5N3O2/c1-11(18-9-16(25)4-5-19(18)24)20-21(30-10-32(20)12(2)13(3)33)31-22(34)14-6-15(23(27,28)29)8-17(26)7-14/h4-12H,1-3H3,(H,31,34)/t11-,12-/m1/s1. The summed E-state index contributed by atoms with van der Waals surface area (Å²) in [5.74, 6) is -3.89. The van der Waals surface area contributed by atoms with Crippen LogP contribution in [0.4, 0.5) is 27.8 Å². The molecule has 2 aromatic carbocycles. The van der Waals surface area contributed by atoms with Crippen molar-refractivity contribution in [2.45, 2.75) is 38.9 Å². The van der Waals surface area contributed by atoms with E-state index >= 15 is 0 Å². The summed E-state index contributed by atoms with van der Waals surface area (Å²) in [6.45, 7) is 4.57. The number of imidazole rings is 1. The Kier molecular flexibility index (Phi) is 7.11. The molecule has 2 atom stereocenters. The molecule has 0 aliphatic heterocycles. The molecule has 3 rings (SSSR count). The Hall–Kier alpha value is -3.27. The van der Waals surface area contributed by atoms with Crippen molar-refractivity contribution in [2.24, 2.45) is 0 Å². The van der Waals surface area contributed by atoms with Crippen LogP contribution in [-0.2, 0) is 11.0 Å². The molecule has 5 nitrogen and oxygen atoms in total. The fraction of sp³-hybridized carbons (Fsp3) is 0.261. The molecule has 0 bridgehead atoms. The fourth-order valence-electron chi connectivity index (χ4n) is 3.46. The van der Waals surface area contributed by atoms with E-state index in [1.54, 1.807) is 13.8 Å². The average Bonchev–Trinajstić information content (AvgIpc) is 3.16. The van der Waals surface area contributed by atoms with Crippen LogP contribution in [0.5, 0.6) is 0 Å². The highest BCUT2D eigenvalue weighted by Gasteiger charge is 2.32. The van der Waals surface area contributed by atoms with E-state index in [2.05, 4.69) is 10.3 Å². The van der Waals surface area contributed by atoms with Crippen molar-refractivity contribution in [1.29, 1.82) is 0 Å². The number of carbonyl (C=O) groups is 2. The van der Waals surface area contributed by atoms with Gasteiger partial charge in [-0.3, -0.25) is 9.59 Å². The van der Waals surface area contributed by atoms with Crippen LogP contribution in [0.15, 0.2) is 42.7 Å². The molecule has 1 amide bonds. The quantitative estimate of drug-likeness (QED) is 0.400. The molecule has 1 aromatic heterocycles. The summed E-state index contributed by atoms with van der Waals surface area (Å²) in [5, 5.41) is 2.60. The zero-order chi connectivity index (χ0) is 25.4. The molecule has 0 spiro atoms. The van der Waals surface area contributed by atoms with Crippen LogP contribution < -0.4 is 5.32 Å². The predicted octanol–water partition coefficient (Wildman–Crippen LogP) is 6.39. The normalized spacial score (nSPS) is 13.4. The van der Waals surface area contributed by atoms with Gasteiger partial charge in [-0.15, -0.1) is 0 Å². The number of hydrogen-bond donors (Lipinski definition) is 1. The molecule has 0 aliphatic rings. The van der Waals surface area contributed by atoms with Crippen molar-refractivity contribution in [3.63, 3.8) is 0 Å². The zero-order valence-corrected chi connectivity index (χ0v) is 18.9. The van der Waals surface area contributed by atoms with Gasteiger partial charge >= 0.3 is 6.18 Å². The largest absolute Gasteiger partial charge is 0.416 e. The van der Waals surface area contributed by atoms with E-state index in [-0.39, 0.29) is 28.4 Å². The predicted molar refractivity (Wildman–Crippen MR) is 116 cm³/mol. The number of anilines is 1. The maximum atomic E-state index is 13.9. The van der Waals surface area contributed by atoms with Crippen LogP contribution in [-0.4, -0.2) is 21.2 Å². The lowest BCUT2D eigenvalue weighted by atomic mass is 9.96. The van der Waals surface area contributed by atoms with Gasteiger partial charge in [0.15, 0.2) is 11.6 Å². The monoisotopic (exact) mass is 499 g/mol. The third-order valence-corrected chi connectivity index (χ3v) is 5.74. The second-order valence-electron chi connectivity index (χ2n) is 7.74. The Bertz CT molecular complexity index is 1260. The van der Waals surface area contributed by atoms with Crippen LogP contribution in [0.1, 0.15) is 59.9 Å². The minimum atomic E-state index is -4.86. The molecule has 3 aromatic rings. The third-order valence-electron chi connectivity index (χ3n) is 5.39. The molecule has 0 radical (unpaired) electrons. The first-order valence-corrected chi connectivity index (χ1v) is 10.4. The Morgan fingerprint density at radius 1 is 1.06 bits per heavy atom. The topological polar surface area (TPSA) is 64.0 Å². The van der Waals surface area contributed by atoms with Gasteiger partial charge in [-0.25, -0.2) is 13.8 Å². The number of aromatic nitrogens is 2. The second-order valence-corrected chi connectivity index (χ2v) is 8.15. The Balaban J connectivity index is 2.08. The van der Waals surface area contributed by atoms with E-state index in [0.29, 0.717) is 17.7 Å². The van der Waals surface area contributed by atoms with Crippen molar-refractivity contribution < 1.29 is 31.5 Å². The summed E-state index contributed by atoms with van der Waals surface area (Å²) >= 11 is 6.24. The van der Waals surface area contributed by atoms with E-state index in [1.807, 2.05) is 0 Å². The molecule has 11 heteroatoms. The van der Waals surface area contributed by atoms with Gasteiger partial charge in [-0.1, -0.05) is 18.5 Å². The highest BCUT2D eigenvalue weighted by atomic mass is 35.5. The number of benzene rings is 2. The molecule has 0 saturated heterocycles. The van der Waals surface area contributed by atoms with Crippen LogP contribution in [0.25, 0.3) is 0 Å². The number of hydrogen-bond acceptors (Lipinski definition) is 3. The molecule has 34 heavy (non-hydrogen) atoms. The molecule has 0 unspecified atom stereocenters. The number of alkyl halides is 3. The van der Waals surface area contributed by atoms with Crippen LogP contribution in [0, 0.1) is 11.6 Å².